The summed E-state index contributed by atoms with van der Waals surface area (Å²) in [6.45, 7) is 5.90. The second-order valence-corrected chi connectivity index (χ2v) is 8.62. The Bertz CT molecular complexity index is 1000. The van der Waals surface area contributed by atoms with Crippen LogP contribution >= 0.6 is 0 Å². The number of hydrogen-bond acceptors (Lipinski definition) is 7. The number of nitrogens with one attached hydrogen (secondary N) is 2. The number of para-hydroxylation sites is 1. The summed E-state index contributed by atoms with van der Waals surface area (Å²) in [6.07, 6.45) is 3.58. The standard InChI is InChI=1S/C24H29N5O4/c1-24(2,3)33-23(32)20-14-19(28-29(20)18-9-5-4-6-10-18)22(31)26-13-11-21(30)27-16-17-8-7-12-25-15-17/h4-10,12,15,20H,11,13-14,16H2,1-3H3,(H,26,31)(H,27,30). The molecule has 2 amide bonds. The molecule has 3 rings (SSSR count). The van der Waals surface area contributed by atoms with Crippen LogP contribution in [0.25, 0.3) is 0 Å². The van der Waals surface area contributed by atoms with E-state index in [4.69, 9.17) is 4.74 Å². The van der Waals surface area contributed by atoms with E-state index in [-0.39, 0.29) is 31.0 Å². The second-order valence-electron chi connectivity index (χ2n) is 8.62. The SMILES string of the molecule is CC(C)(C)OC(=O)C1CC(C(=O)NCCC(=O)NCc2cccnc2)=NN1c1ccccc1. The van der Waals surface area contributed by atoms with Gasteiger partial charge in [0.05, 0.1) is 5.69 Å². The first-order valence-corrected chi connectivity index (χ1v) is 10.8. The Hall–Kier alpha value is -3.75. The Morgan fingerprint density at radius 1 is 1.09 bits per heavy atom. The average molecular weight is 452 g/mol. The van der Waals surface area contributed by atoms with Crippen LogP contribution in [-0.2, 0) is 25.7 Å². The van der Waals surface area contributed by atoms with Gasteiger partial charge in [-0.05, 0) is 44.5 Å². The molecule has 1 unspecified atom stereocenters. The van der Waals surface area contributed by atoms with E-state index >= 15 is 0 Å². The molecule has 1 aliphatic rings. The van der Waals surface area contributed by atoms with Gasteiger partial charge in [0, 0.05) is 38.3 Å². The summed E-state index contributed by atoms with van der Waals surface area (Å²) in [5.74, 6) is -1.06. The fraction of sp³-hybridized carbons (Fsp3) is 0.375. The van der Waals surface area contributed by atoms with Crippen LogP contribution < -0.4 is 15.6 Å². The van der Waals surface area contributed by atoms with E-state index in [0.29, 0.717) is 12.2 Å². The van der Waals surface area contributed by atoms with Crippen LogP contribution in [0.2, 0.25) is 0 Å². The molecule has 0 radical (unpaired) electrons. The Balaban J connectivity index is 1.56. The summed E-state index contributed by atoms with van der Waals surface area (Å²) >= 11 is 0. The van der Waals surface area contributed by atoms with Gasteiger partial charge in [-0.25, -0.2) is 4.79 Å². The van der Waals surface area contributed by atoms with E-state index < -0.39 is 23.5 Å². The summed E-state index contributed by atoms with van der Waals surface area (Å²) in [7, 11) is 0. The molecule has 0 saturated carbocycles. The van der Waals surface area contributed by atoms with Crippen LogP contribution in [0.4, 0.5) is 5.69 Å². The van der Waals surface area contributed by atoms with E-state index in [1.807, 2.05) is 36.4 Å². The Labute approximate surface area is 193 Å². The van der Waals surface area contributed by atoms with Crippen molar-refractivity contribution in [3.8, 4) is 0 Å². The largest absolute Gasteiger partial charge is 0.458 e. The average Bonchev–Trinajstić information content (AvgIpc) is 3.24. The molecule has 33 heavy (non-hydrogen) atoms. The van der Waals surface area contributed by atoms with E-state index in [1.54, 1.807) is 39.2 Å². The van der Waals surface area contributed by atoms with Crippen molar-refractivity contribution in [1.82, 2.24) is 15.6 Å². The summed E-state index contributed by atoms with van der Waals surface area (Å²) in [6, 6.07) is 12.1. The molecule has 0 aliphatic carbocycles. The number of aromatic nitrogens is 1. The molecule has 0 spiro atoms. The van der Waals surface area contributed by atoms with Crippen molar-refractivity contribution in [2.75, 3.05) is 11.6 Å². The van der Waals surface area contributed by atoms with Crippen molar-refractivity contribution in [3.05, 3.63) is 60.4 Å². The summed E-state index contributed by atoms with van der Waals surface area (Å²) < 4.78 is 5.53. The fourth-order valence-corrected chi connectivity index (χ4v) is 3.20. The monoisotopic (exact) mass is 451 g/mol. The number of ether oxygens (including phenoxy) is 1. The zero-order valence-corrected chi connectivity index (χ0v) is 19.1. The van der Waals surface area contributed by atoms with Gasteiger partial charge in [-0.1, -0.05) is 24.3 Å². The molecule has 9 heteroatoms. The van der Waals surface area contributed by atoms with Crippen molar-refractivity contribution in [1.29, 1.82) is 0 Å². The number of nitrogens with zero attached hydrogens (tertiary/aromatic N) is 3. The zero-order chi connectivity index (χ0) is 23.8. The summed E-state index contributed by atoms with van der Waals surface area (Å²) in [5, 5.41) is 11.4. The number of pyridine rings is 1. The Morgan fingerprint density at radius 3 is 2.52 bits per heavy atom. The fourth-order valence-electron chi connectivity index (χ4n) is 3.20. The molecule has 1 aromatic carbocycles. The molecule has 2 aromatic rings. The van der Waals surface area contributed by atoms with Crippen LogP contribution in [0.3, 0.4) is 0 Å². The third-order valence-corrected chi connectivity index (χ3v) is 4.72. The molecular weight excluding hydrogens is 422 g/mol. The van der Waals surface area contributed by atoms with Crippen LogP contribution in [0.1, 0.15) is 39.2 Å². The van der Waals surface area contributed by atoms with Gasteiger partial charge in [-0.15, -0.1) is 0 Å². The van der Waals surface area contributed by atoms with Crippen LogP contribution in [0.5, 0.6) is 0 Å². The first-order chi connectivity index (χ1) is 15.7. The lowest BCUT2D eigenvalue weighted by Crippen LogP contribution is -2.40. The highest BCUT2D eigenvalue weighted by atomic mass is 16.6. The maximum atomic E-state index is 12.8. The second kappa shape index (κ2) is 10.7. The topological polar surface area (TPSA) is 113 Å². The number of hydrogen-bond donors (Lipinski definition) is 2. The number of amides is 2. The predicted molar refractivity (Wildman–Crippen MR) is 124 cm³/mol. The molecule has 2 N–H and O–H groups in total. The van der Waals surface area contributed by atoms with E-state index in [9.17, 15) is 14.4 Å². The van der Waals surface area contributed by atoms with Crippen molar-refractivity contribution < 1.29 is 19.1 Å². The van der Waals surface area contributed by atoms with Gasteiger partial charge in [0.25, 0.3) is 5.91 Å². The number of carbonyl (C=O) groups is 3. The number of rotatable bonds is 8. The minimum Gasteiger partial charge on any atom is -0.458 e. The quantitative estimate of drug-likeness (QED) is 0.595. The number of benzene rings is 1. The Kier molecular flexibility index (Phi) is 7.76. The van der Waals surface area contributed by atoms with Crippen molar-refractivity contribution in [3.63, 3.8) is 0 Å². The van der Waals surface area contributed by atoms with Crippen LogP contribution in [0.15, 0.2) is 60.0 Å². The van der Waals surface area contributed by atoms with Crippen LogP contribution in [-0.4, -0.2) is 46.7 Å². The highest BCUT2D eigenvalue weighted by molar-refractivity contribution is 6.40. The predicted octanol–water partition coefficient (Wildman–Crippen LogP) is 2.18. The lowest BCUT2D eigenvalue weighted by atomic mass is 10.1. The lowest BCUT2D eigenvalue weighted by Gasteiger charge is -2.26. The maximum Gasteiger partial charge on any atom is 0.331 e. The lowest BCUT2D eigenvalue weighted by molar-refractivity contribution is -0.156. The zero-order valence-electron chi connectivity index (χ0n) is 19.1. The maximum absolute atomic E-state index is 12.8. The normalized spacial score (nSPS) is 15.5. The minimum atomic E-state index is -0.741. The third kappa shape index (κ3) is 7.13. The van der Waals surface area contributed by atoms with Crippen molar-refractivity contribution >= 4 is 29.2 Å². The molecule has 1 aromatic heterocycles. The number of anilines is 1. The van der Waals surface area contributed by atoms with Crippen molar-refractivity contribution in [2.45, 2.75) is 51.8 Å². The number of carbonyl (C=O) groups excluding carboxylic acids is 3. The van der Waals surface area contributed by atoms with Crippen molar-refractivity contribution in [2.24, 2.45) is 5.10 Å². The molecular formula is C24H29N5O4. The van der Waals surface area contributed by atoms with Crippen LogP contribution in [0, 0.1) is 0 Å². The van der Waals surface area contributed by atoms with Gasteiger partial charge in [-0.3, -0.25) is 19.6 Å². The molecule has 174 valence electrons. The Morgan fingerprint density at radius 2 is 1.85 bits per heavy atom. The van der Waals surface area contributed by atoms with Gasteiger partial charge in [0.2, 0.25) is 5.91 Å². The molecule has 9 nitrogen and oxygen atoms in total. The molecule has 2 heterocycles. The van der Waals surface area contributed by atoms with Gasteiger partial charge in [0.15, 0.2) is 6.04 Å². The van der Waals surface area contributed by atoms with Gasteiger partial charge >= 0.3 is 5.97 Å². The van der Waals surface area contributed by atoms with E-state index in [2.05, 4.69) is 20.7 Å². The highest BCUT2D eigenvalue weighted by Gasteiger charge is 2.38. The summed E-state index contributed by atoms with van der Waals surface area (Å²) in [5.41, 5.74) is 1.13. The summed E-state index contributed by atoms with van der Waals surface area (Å²) in [4.78, 5) is 41.5. The van der Waals surface area contributed by atoms with Gasteiger partial charge < -0.3 is 15.4 Å². The molecule has 0 saturated heterocycles. The van der Waals surface area contributed by atoms with Gasteiger partial charge in [-0.2, -0.15) is 5.10 Å². The molecule has 1 aliphatic heterocycles. The third-order valence-electron chi connectivity index (χ3n) is 4.72. The van der Waals surface area contributed by atoms with E-state index in [1.165, 1.54) is 5.01 Å². The molecule has 1 atom stereocenters. The van der Waals surface area contributed by atoms with Gasteiger partial charge in [0.1, 0.15) is 11.3 Å². The highest BCUT2D eigenvalue weighted by Crippen LogP contribution is 2.26. The minimum absolute atomic E-state index is 0.114. The molecule has 0 fully saturated rings. The first-order valence-electron chi connectivity index (χ1n) is 10.8. The number of hydrazone groups is 1. The van der Waals surface area contributed by atoms with E-state index in [0.717, 1.165) is 5.56 Å². The molecule has 0 bridgehead atoms. The number of esters is 1. The first kappa shape index (κ1) is 23.9. The smallest absolute Gasteiger partial charge is 0.331 e.